The van der Waals surface area contributed by atoms with Crippen molar-refractivity contribution in [2.75, 3.05) is 13.2 Å². The summed E-state index contributed by atoms with van der Waals surface area (Å²) in [4.78, 5) is 23.3. The topological polar surface area (TPSA) is 55.4 Å². The Hall–Kier alpha value is -1.06. The van der Waals surface area contributed by atoms with Crippen molar-refractivity contribution in [1.82, 2.24) is 5.32 Å². The third-order valence-corrected chi connectivity index (χ3v) is 4.07. The van der Waals surface area contributed by atoms with Gasteiger partial charge >= 0.3 is 5.97 Å². The Morgan fingerprint density at radius 1 is 1.29 bits per heavy atom. The van der Waals surface area contributed by atoms with Gasteiger partial charge in [-0.1, -0.05) is 27.7 Å². The summed E-state index contributed by atoms with van der Waals surface area (Å²) in [5.74, 6) is 0.990. The maximum absolute atomic E-state index is 12.0. The first kappa shape index (κ1) is 18.0. The zero-order chi connectivity index (χ0) is 15.9. The SMILES string of the molecule is CCCOC(=O)CCNC(=O)CC1CC(C)CC(C)(C)C1. The van der Waals surface area contributed by atoms with Crippen LogP contribution in [0.1, 0.15) is 66.2 Å². The average molecular weight is 297 g/mol. The molecule has 122 valence electrons. The molecule has 4 nitrogen and oxygen atoms in total. The first-order valence-electron chi connectivity index (χ1n) is 8.24. The van der Waals surface area contributed by atoms with Crippen molar-refractivity contribution >= 4 is 11.9 Å². The molecule has 4 heteroatoms. The second kappa shape index (κ2) is 8.40. The van der Waals surface area contributed by atoms with Gasteiger partial charge in [0, 0.05) is 13.0 Å². The number of nitrogens with one attached hydrogen (secondary N) is 1. The van der Waals surface area contributed by atoms with E-state index in [1.54, 1.807) is 0 Å². The van der Waals surface area contributed by atoms with Crippen LogP contribution in [0.2, 0.25) is 0 Å². The number of hydrogen-bond donors (Lipinski definition) is 1. The van der Waals surface area contributed by atoms with Crippen molar-refractivity contribution in [3.63, 3.8) is 0 Å². The molecule has 0 aromatic heterocycles. The van der Waals surface area contributed by atoms with Crippen molar-refractivity contribution < 1.29 is 14.3 Å². The molecule has 2 unspecified atom stereocenters. The van der Waals surface area contributed by atoms with Gasteiger partial charge in [0.25, 0.3) is 0 Å². The molecule has 0 bridgehead atoms. The fraction of sp³-hybridized carbons (Fsp3) is 0.882. The van der Waals surface area contributed by atoms with E-state index in [2.05, 4.69) is 26.1 Å². The van der Waals surface area contributed by atoms with Crippen LogP contribution < -0.4 is 5.32 Å². The molecule has 1 aliphatic rings. The van der Waals surface area contributed by atoms with E-state index in [4.69, 9.17) is 4.74 Å². The summed E-state index contributed by atoms with van der Waals surface area (Å²) in [6, 6.07) is 0. The lowest BCUT2D eigenvalue weighted by atomic mass is 9.67. The molecule has 0 radical (unpaired) electrons. The fourth-order valence-electron chi connectivity index (χ4n) is 3.63. The first-order valence-corrected chi connectivity index (χ1v) is 8.24. The van der Waals surface area contributed by atoms with Gasteiger partial charge in [0.05, 0.1) is 13.0 Å². The molecular formula is C17H31NO3. The predicted octanol–water partition coefficient (Wildman–Crippen LogP) is 3.30. The van der Waals surface area contributed by atoms with Gasteiger partial charge in [-0.3, -0.25) is 9.59 Å². The standard InChI is InChI=1S/C17H31NO3/c1-5-8-21-16(20)6-7-18-15(19)10-14-9-13(2)11-17(3,4)12-14/h13-14H,5-12H2,1-4H3,(H,18,19). The average Bonchev–Trinajstić information content (AvgIpc) is 2.33. The van der Waals surface area contributed by atoms with Gasteiger partial charge in [-0.05, 0) is 42.9 Å². The molecule has 0 heterocycles. The highest BCUT2D eigenvalue weighted by Crippen LogP contribution is 2.42. The zero-order valence-electron chi connectivity index (χ0n) is 14.0. The van der Waals surface area contributed by atoms with Gasteiger partial charge in [0.15, 0.2) is 0 Å². The Kier molecular flexibility index (Phi) is 7.20. The molecule has 1 fully saturated rings. The van der Waals surface area contributed by atoms with E-state index in [-0.39, 0.29) is 18.3 Å². The van der Waals surface area contributed by atoms with Crippen LogP contribution in [0.25, 0.3) is 0 Å². The second-order valence-electron chi connectivity index (χ2n) is 7.30. The van der Waals surface area contributed by atoms with E-state index in [1.807, 2.05) is 6.92 Å². The molecule has 1 rings (SSSR count). The summed E-state index contributed by atoms with van der Waals surface area (Å²) >= 11 is 0. The minimum absolute atomic E-state index is 0.0631. The van der Waals surface area contributed by atoms with E-state index in [9.17, 15) is 9.59 Å². The summed E-state index contributed by atoms with van der Waals surface area (Å²) in [7, 11) is 0. The number of carbonyl (C=O) groups is 2. The molecule has 1 amide bonds. The maximum Gasteiger partial charge on any atom is 0.307 e. The van der Waals surface area contributed by atoms with Crippen molar-refractivity contribution in [2.24, 2.45) is 17.3 Å². The van der Waals surface area contributed by atoms with Gasteiger partial charge < -0.3 is 10.1 Å². The molecule has 0 aromatic rings. The highest BCUT2D eigenvalue weighted by atomic mass is 16.5. The van der Waals surface area contributed by atoms with Crippen molar-refractivity contribution in [3.05, 3.63) is 0 Å². The molecule has 0 aliphatic heterocycles. The fourth-order valence-corrected chi connectivity index (χ4v) is 3.63. The quantitative estimate of drug-likeness (QED) is 0.734. The molecule has 21 heavy (non-hydrogen) atoms. The number of esters is 1. The molecule has 0 spiro atoms. The molecule has 1 aliphatic carbocycles. The van der Waals surface area contributed by atoms with Crippen LogP contribution in [0, 0.1) is 17.3 Å². The Morgan fingerprint density at radius 3 is 2.62 bits per heavy atom. The largest absolute Gasteiger partial charge is 0.466 e. The smallest absolute Gasteiger partial charge is 0.307 e. The van der Waals surface area contributed by atoms with Gasteiger partial charge in [-0.15, -0.1) is 0 Å². The highest BCUT2D eigenvalue weighted by molar-refractivity contribution is 5.77. The summed E-state index contributed by atoms with van der Waals surface area (Å²) in [6.07, 6.45) is 5.16. The van der Waals surface area contributed by atoms with Crippen LogP contribution in [0.4, 0.5) is 0 Å². The van der Waals surface area contributed by atoms with E-state index in [1.165, 1.54) is 6.42 Å². The van der Waals surface area contributed by atoms with Crippen LogP contribution in [-0.4, -0.2) is 25.0 Å². The Labute approximate surface area is 129 Å². The third-order valence-electron chi connectivity index (χ3n) is 4.07. The van der Waals surface area contributed by atoms with Crippen LogP contribution in [-0.2, 0) is 14.3 Å². The van der Waals surface area contributed by atoms with Crippen molar-refractivity contribution in [2.45, 2.75) is 66.2 Å². The highest BCUT2D eigenvalue weighted by Gasteiger charge is 2.32. The minimum atomic E-state index is -0.232. The van der Waals surface area contributed by atoms with Gasteiger partial charge in [-0.25, -0.2) is 0 Å². The normalized spacial score (nSPS) is 24.4. The van der Waals surface area contributed by atoms with Crippen LogP contribution >= 0.6 is 0 Å². The number of hydrogen-bond acceptors (Lipinski definition) is 3. The number of ether oxygens (including phenoxy) is 1. The van der Waals surface area contributed by atoms with Gasteiger partial charge in [0.1, 0.15) is 0 Å². The Morgan fingerprint density at radius 2 is 2.00 bits per heavy atom. The summed E-state index contributed by atoms with van der Waals surface area (Å²) in [5, 5.41) is 2.84. The maximum atomic E-state index is 12.0. The predicted molar refractivity (Wildman–Crippen MR) is 83.8 cm³/mol. The third kappa shape index (κ3) is 7.49. The van der Waals surface area contributed by atoms with Crippen LogP contribution in [0.5, 0.6) is 0 Å². The molecule has 0 aromatic carbocycles. The van der Waals surface area contributed by atoms with E-state index < -0.39 is 0 Å². The van der Waals surface area contributed by atoms with Crippen LogP contribution in [0.15, 0.2) is 0 Å². The monoisotopic (exact) mass is 297 g/mol. The molecule has 1 N–H and O–H groups in total. The number of carbonyl (C=O) groups excluding carboxylic acids is 2. The second-order valence-corrected chi connectivity index (χ2v) is 7.30. The first-order chi connectivity index (χ1) is 9.82. The van der Waals surface area contributed by atoms with Crippen molar-refractivity contribution in [1.29, 1.82) is 0 Å². The lowest BCUT2D eigenvalue weighted by Gasteiger charge is -2.38. The van der Waals surface area contributed by atoms with Crippen molar-refractivity contribution in [3.8, 4) is 0 Å². The van der Waals surface area contributed by atoms with Gasteiger partial charge in [-0.2, -0.15) is 0 Å². The molecular weight excluding hydrogens is 266 g/mol. The number of rotatable bonds is 7. The van der Waals surface area contributed by atoms with Crippen LogP contribution in [0.3, 0.4) is 0 Å². The van der Waals surface area contributed by atoms with Gasteiger partial charge in [0.2, 0.25) is 5.91 Å². The molecule has 1 saturated carbocycles. The van der Waals surface area contributed by atoms with E-state index in [0.717, 1.165) is 19.3 Å². The van der Waals surface area contributed by atoms with E-state index >= 15 is 0 Å². The zero-order valence-corrected chi connectivity index (χ0v) is 14.0. The number of amides is 1. The summed E-state index contributed by atoms with van der Waals surface area (Å²) in [5.41, 5.74) is 0.340. The lowest BCUT2D eigenvalue weighted by molar-refractivity contribution is -0.143. The Balaban J connectivity index is 2.23. The lowest BCUT2D eigenvalue weighted by Crippen LogP contribution is -2.33. The Bertz CT molecular complexity index is 352. The molecule has 2 atom stereocenters. The molecule has 0 saturated heterocycles. The summed E-state index contributed by atoms with van der Waals surface area (Å²) < 4.78 is 4.97. The minimum Gasteiger partial charge on any atom is -0.466 e. The van der Waals surface area contributed by atoms with E-state index in [0.29, 0.717) is 36.8 Å². The summed E-state index contributed by atoms with van der Waals surface area (Å²) in [6.45, 7) is 9.65.